The first-order chi connectivity index (χ1) is 12.7. The molecule has 0 aliphatic carbocycles. The van der Waals surface area contributed by atoms with Crippen LogP contribution < -0.4 is 5.32 Å². The molecule has 0 unspecified atom stereocenters. The van der Waals surface area contributed by atoms with Crippen LogP contribution in [0.25, 0.3) is 11.0 Å². The van der Waals surface area contributed by atoms with E-state index in [0.717, 1.165) is 49.3 Å². The molecule has 26 heavy (non-hydrogen) atoms. The van der Waals surface area contributed by atoms with Crippen LogP contribution in [0.3, 0.4) is 0 Å². The van der Waals surface area contributed by atoms with Crippen molar-refractivity contribution in [3.05, 3.63) is 60.2 Å². The minimum absolute atomic E-state index is 0.0287. The molecule has 2 heterocycles. The summed E-state index contributed by atoms with van der Waals surface area (Å²) in [6.07, 6.45) is 1.59. The number of piperidine rings is 1. The first-order valence-corrected chi connectivity index (χ1v) is 8.90. The number of likely N-dealkylation sites (tertiary alicyclic amines) is 1. The van der Waals surface area contributed by atoms with E-state index in [2.05, 4.69) is 20.2 Å². The summed E-state index contributed by atoms with van der Waals surface area (Å²) >= 11 is 0. The molecular weight excluding hydrogens is 331 g/mol. The molecule has 1 aromatic heterocycles. The van der Waals surface area contributed by atoms with Gasteiger partial charge in [-0.2, -0.15) is 0 Å². The van der Waals surface area contributed by atoms with E-state index in [9.17, 15) is 9.18 Å². The molecule has 5 nitrogen and oxygen atoms in total. The second-order valence-corrected chi connectivity index (χ2v) is 6.75. The van der Waals surface area contributed by atoms with Gasteiger partial charge in [-0.1, -0.05) is 18.2 Å². The molecule has 0 radical (unpaired) electrons. The number of fused-ring (bicyclic) bond motifs is 1. The Hall–Kier alpha value is -2.73. The summed E-state index contributed by atoms with van der Waals surface area (Å²) in [7, 11) is 0. The van der Waals surface area contributed by atoms with Crippen LogP contribution in [-0.4, -0.2) is 33.9 Å². The van der Waals surface area contributed by atoms with Crippen LogP contribution in [0.5, 0.6) is 0 Å². The quantitative estimate of drug-likeness (QED) is 0.755. The zero-order chi connectivity index (χ0) is 17.9. The second kappa shape index (κ2) is 7.25. The van der Waals surface area contributed by atoms with Gasteiger partial charge >= 0.3 is 0 Å². The van der Waals surface area contributed by atoms with Crippen molar-refractivity contribution < 1.29 is 9.18 Å². The lowest BCUT2D eigenvalue weighted by atomic mass is 9.96. The van der Waals surface area contributed by atoms with Crippen molar-refractivity contribution in [1.82, 2.24) is 14.9 Å². The topological polar surface area (TPSA) is 61.0 Å². The number of hydrogen-bond acceptors (Lipinski definition) is 3. The van der Waals surface area contributed by atoms with Gasteiger partial charge in [0.15, 0.2) is 0 Å². The number of rotatable bonds is 4. The predicted octanol–water partition coefficient (Wildman–Crippen LogP) is 3.55. The molecule has 1 aliphatic heterocycles. The highest BCUT2D eigenvalue weighted by atomic mass is 19.1. The molecule has 0 spiro atoms. The van der Waals surface area contributed by atoms with Crippen molar-refractivity contribution in [2.24, 2.45) is 5.92 Å². The standard InChI is InChI=1S/C20H21FN4O/c21-15-4-3-5-16(12-15)22-20(26)14-8-10-25(11-9-14)13-19-23-17-6-1-2-7-18(17)24-19/h1-7,12,14H,8-11,13H2,(H,22,26)(H,23,24). The fourth-order valence-corrected chi connectivity index (χ4v) is 3.46. The van der Waals surface area contributed by atoms with Crippen molar-refractivity contribution in [3.8, 4) is 0 Å². The number of hydrogen-bond donors (Lipinski definition) is 2. The van der Waals surface area contributed by atoms with E-state index in [4.69, 9.17) is 0 Å². The monoisotopic (exact) mass is 352 g/mol. The Morgan fingerprint density at radius 3 is 2.77 bits per heavy atom. The van der Waals surface area contributed by atoms with E-state index in [0.29, 0.717) is 5.69 Å². The number of aromatic amines is 1. The summed E-state index contributed by atoms with van der Waals surface area (Å²) in [4.78, 5) is 22.7. The van der Waals surface area contributed by atoms with Gasteiger partial charge in [-0.3, -0.25) is 9.69 Å². The number of H-pyrrole nitrogens is 1. The van der Waals surface area contributed by atoms with Gasteiger partial charge in [-0.05, 0) is 56.3 Å². The van der Waals surface area contributed by atoms with Gasteiger partial charge in [0.05, 0.1) is 17.6 Å². The Morgan fingerprint density at radius 2 is 2.00 bits per heavy atom. The van der Waals surface area contributed by atoms with Crippen LogP contribution in [-0.2, 0) is 11.3 Å². The van der Waals surface area contributed by atoms with Crippen molar-refractivity contribution in [2.45, 2.75) is 19.4 Å². The predicted molar refractivity (Wildman–Crippen MR) is 99.1 cm³/mol. The molecule has 1 fully saturated rings. The van der Waals surface area contributed by atoms with Gasteiger partial charge in [-0.15, -0.1) is 0 Å². The molecule has 2 aromatic carbocycles. The summed E-state index contributed by atoms with van der Waals surface area (Å²) in [5.74, 6) is 0.543. The number of aromatic nitrogens is 2. The smallest absolute Gasteiger partial charge is 0.227 e. The van der Waals surface area contributed by atoms with E-state index in [1.165, 1.54) is 12.1 Å². The van der Waals surface area contributed by atoms with Gasteiger partial charge < -0.3 is 10.3 Å². The number of anilines is 1. The first kappa shape index (κ1) is 16.7. The molecule has 1 amide bonds. The Bertz CT molecular complexity index is 882. The fourth-order valence-electron chi connectivity index (χ4n) is 3.46. The van der Waals surface area contributed by atoms with Crippen LogP contribution in [0.1, 0.15) is 18.7 Å². The van der Waals surface area contributed by atoms with E-state index in [1.807, 2.05) is 24.3 Å². The summed E-state index contributed by atoms with van der Waals surface area (Å²) < 4.78 is 13.2. The first-order valence-electron chi connectivity index (χ1n) is 8.90. The van der Waals surface area contributed by atoms with E-state index < -0.39 is 0 Å². The van der Waals surface area contributed by atoms with Gasteiger partial charge in [0.2, 0.25) is 5.91 Å². The zero-order valence-electron chi connectivity index (χ0n) is 14.4. The second-order valence-electron chi connectivity index (χ2n) is 6.75. The van der Waals surface area contributed by atoms with Gasteiger partial charge in [0.25, 0.3) is 0 Å². The number of imidazole rings is 1. The third-order valence-electron chi connectivity index (χ3n) is 4.86. The average Bonchev–Trinajstić information content (AvgIpc) is 3.04. The molecule has 3 aromatic rings. The number of carbonyl (C=O) groups excluding carboxylic acids is 1. The lowest BCUT2D eigenvalue weighted by Gasteiger charge is -2.30. The molecule has 0 bridgehead atoms. The lowest BCUT2D eigenvalue weighted by Crippen LogP contribution is -2.38. The van der Waals surface area contributed by atoms with Crippen molar-refractivity contribution in [3.63, 3.8) is 0 Å². The number of para-hydroxylation sites is 2. The van der Waals surface area contributed by atoms with Crippen molar-refractivity contribution in [1.29, 1.82) is 0 Å². The summed E-state index contributed by atoms with van der Waals surface area (Å²) in [5, 5.41) is 2.82. The third kappa shape index (κ3) is 3.75. The summed E-state index contributed by atoms with van der Waals surface area (Å²) in [6.45, 7) is 2.45. The van der Waals surface area contributed by atoms with Crippen LogP contribution in [0.4, 0.5) is 10.1 Å². The molecule has 2 N–H and O–H groups in total. The molecule has 0 atom stereocenters. The maximum absolute atomic E-state index is 13.2. The van der Waals surface area contributed by atoms with Crippen LogP contribution in [0, 0.1) is 11.7 Å². The number of halogens is 1. The van der Waals surface area contributed by atoms with Crippen molar-refractivity contribution in [2.75, 3.05) is 18.4 Å². The molecular formula is C20H21FN4O. The number of nitrogens with zero attached hydrogens (tertiary/aromatic N) is 2. The van der Waals surface area contributed by atoms with Crippen LogP contribution in [0.15, 0.2) is 48.5 Å². The molecule has 1 saturated heterocycles. The highest BCUT2D eigenvalue weighted by Crippen LogP contribution is 2.21. The van der Waals surface area contributed by atoms with Crippen LogP contribution >= 0.6 is 0 Å². The van der Waals surface area contributed by atoms with E-state index >= 15 is 0 Å². The van der Waals surface area contributed by atoms with E-state index in [-0.39, 0.29) is 17.6 Å². The Labute approximate surface area is 151 Å². The number of carbonyl (C=O) groups is 1. The molecule has 1 aliphatic rings. The summed E-state index contributed by atoms with van der Waals surface area (Å²) in [5.41, 5.74) is 2.54. The molecule has 134 valence electrons. The van der Waals surface area contributed by atoms with Gasteiger partial charge in [0, 0.05) is 11.6 Å². The van der Waals surface area contributed by atoms with Crippen molar-refractivity contribution >= 4 is 22.6 Å². The third-order valence-corrected chi connectivity index (χ3v) is 4.86. The number of nitrogens with one attached hydrogen (secondary N) is 2. The average molecular weight is 352 g/mol. The highest BCUT2D eigenvalue weighted by molar-refractivity contribution is 5.92. The number of benzene rings is 2. The SMILES string of the molecule is O=C(Nc1cccc(F)c1)C1CCN(Cc2nc3ccccc3[nH]2)CC1. The molecule has 4 rings (SSSR count). The fraction of sp³-hybridized carbons (Fsp3) is 0.300. The number of amides is 1. The zero-order valence-corrected chi connectivity index (χ0v) is 14.4. The Morgan fingerprint density at radius 1 is 1.19 bits per heavy atom. The van der Waals surface area contributed by atoms with Gasteiger partial charge in [0.1, 0.15) is 11.6 Å². The maximum Gasteiger partial charge on any atom is 0.227 e. The minimum Gasteiger partial charge on any atom is -0.341 e. The Kier molecular flexibility index (Phi) is 4.67. The lowest BCUT2D eigenvalue weighted by molar-refractivity contribution is -0.121. The highest BCUT2D eigenvalue weighted by Gasteiger charge is 2.25. The normalized spacial score (nSPS) is 16.0. The molecule has 6 heteroatoms. The maximum atomic E-state index is 13.2. The van der Waals surface area contributed by atoms with Gasteiger partial charge in [-0.25, -0.2) is 9.37 Å². The Balaban J connectivity index is 1.31. The minimum atomic E-state index is -0.344. The largest absolute Gasteiger partial charge is 0.341 e. The van der Waals surface area contributed by atoms with E-state index in [1.54, 1.807) is 12.1 Å². The summed E-state index contributed by atoms with van der Waals surface area (Å²) in [6, 6.07) is 14.0. The van der Waals surface area contributed by atoms with Crippen LogP contribution in [0.2, 0.25) is 0 Å². The molecule has 0 saturated carbocycles.